The van der Waals surface area contributed by atoms with E-state index in [1.54, 1.807) is 0 Å². The summed E-state index contributed by atoms with van der Waals surface area (Å²) >= 11 is 0. The molecule has 1 rings (SSSR count). The minimum absolute atomic E-state index is 0.516. The largest absolute Gasteiger partial charge is 0.741 e. The number of allylic oxidation sites excluding steroid dienone is 6. The Kier molecular flexibility index (Phi) is 7.27. The van der Waals surface area contributed by atoms with Crippen LogP contribution in [0.4, 0.5) is 13.2 Å². The summed E-state index contributed by atoms with van der Waals surface area (Å²) in [7, 11) is 0.569. The first-order chi connectivity index (χ1) is 9.77. The lowest BCUT2D eigenvalue weighted by Crippen LogP contribution is -2.44. The zero-order valence-electron chi connectivity index (χ0n) is 12.8. The maximum atomic E-state index is 10.7. The summed E-state index contributed by atoms with van der Waals surface area (Å²) < 4.78 is 59.9. The first kappa shape index (κ1) is 20.6. The molecule has 0 aromatic heterocycles. The molecule has 0 aliphatic heterocycles. The van der Waals surface area contributed by atoms with Crippen LogP contribution in [-0.2, 0) is 10.1 Å². The van der Waals surface area contributed by atoms with Gasteiger partial charge in [0, 0.05) is 5.57 Å². The van der Waals surface area contributed by atoms with E-state index in [0.29, 0.717) is 6.04 Å². The summed E-state index contributed by atoms with van der Waals surface area (Å²) in [5.74, 6) is 0. The number of alkyl halides is 3. The van der Waals surface area contributed by atoms with Crippen molar-refractivity contribution in [3.63, 3.8) is 0 Å². The van der Waals surface area contributed by atoms with Crippen LogP contribution in [0.1, 0.15) is 6.92 Å². The van der Waals surface area contributed by atoms with E-state index in [2.05, 4.69) is 64.5 Å². The second kappa shape index (κ2) is 7.75. The molecule has 0 bridgehead atoms. The highest BCUT2D eigenvalue weighted by atomic mass is 32.2. The van der Waals surface area contributed by atoms with Gasteiger partial charge in [0.15, 0.2) is 10.1 Å². The number of hydrogen-bond donors (Lipinski definition) is 0. The van der Waals surface area contributed by atoms with Gasteiger partial charge in [-0.05, 0) is 6.92 Å². The number of likely N-dealkylation sites (N-methyl/N-ethyl adjacent to an activating group) is 1. The lowest BCUT2D eigenvalue weighted by atomic mass is 10.0. The van der Waals surface area contributed by atoms with Gasteiger partial charge in [-0.3, -0.25) is 0 Å². The number of nitrogens with zero attached hydrogens (tertiary/aromatic N) is 1. The first-order valence-corrected chi connectivity index (χ1v) is 7.72. The van der Waals surface area contributed by atoms with Crippen molar-refractivity contribution in [1.82, 2.24) is 0 Å². The van der Waals surface area contributed by atoms with Gasteiger partial charge in [0.25, 0.3) is 0 Å². The minimum atomic E-state index is -6.09. The topological polar surface area (TPSA) is 57.2 Å². The van der Waals surface area contributed by atoms with Gasteiger partial charge in [0.05, 0.1) is 21.1 Å². The van der Waals surface area contributed by atoms with Gasteiger partial charge in [-0.2, -0.15) is 13.2 Å². The first-order valence-electron chi connectivity index (χ1n) is 6.31. The molecule has 0 radical (unpaired) electrons. The highest BCUT2D eigenvalue weighted by Gasteiger charge is 2.36. The lowest BCUT2D eigenvalue weighted by Gasteiger charge is -2.32. The number of quaternary nitrogens is 1. The molecule has 0 spiro atoms. The monoisotopic (exact) mass is 339 g/mol. The molecule has 126 valence electrons. The van der Waals surface area contributed by atoms with Crippen LogP contribution in [0.5, 0.6) is 0 Å². The fourth-order valence-electron chi connectivity index (χ4n) is 1.31. The molecule has 1 aliphatic rings. The fraction of sp³-hybridized carbons (Fsp3) is 0.429. The molecule has 1 atom stereocenters. The Morgan fingerprint density at radius 3 is 1.86 bits per heavy atom. The molecule has 0 N–H and O–H groups in total. The van der Waals surface area contributed by atoms with Crippen LogP contribution in [0.25, 0.3) is 0 Å². The zero-order chi connectivity index (χ0) is 17.6. The van der Waals surface area contributed by atoms with Gasteiger partial charge in [-0.25, -0.2) is 8.42 Å². The molecule has 0 fully saturated rings. The SMILES string of the molecule is CC(C1=CC=CC=CC=C1)[N+](C)(C)C.O=S(=O)([O-])C(F)(F)F. The number of halogens is 3. The van der Waals surface area contributed by atoms with E-state index in [9.17, 15) is 13.2 Å². The van der Waals surface area contributed by atoms with Crippen molar-refractivity contribution >= 4 is 10.1 Å². The molecule has 22 heavy (non-hydrogen) atoms. The third kappa shape index (κ3) is 7.58. The molecular weight excluding hydrogens is 319 g/mol. The van der Waals surface area contributed by atoms with Crippen molar-refractivity contribution < 1.29 is 30.6 Å². The maximum absolute atomic E-state index is 10.7. The summed E-state index contributed by atoms with van der Waals surface area (Å²) in [6, 6.07) is 0.516. The summed E-state index contributed by atoms with van der Waals surface area (Å²) in [4.78, 5) is 0. The molecule has 1 unspecified atom stereocenters. The molecule has 0 amide bonds. The Morgan fingerprint density at radius 2 is 1.45 bits per heavy atom. The third-order valence-corrected chi connectivity index (χ3v) is 3.52. The minimum Gasteiger partial charge on any atom is -0.741 e. The van der Waals surface area contributed by atoms with Crippen molar-refractivity contribution in [2.24, 2.45) is 0 Å². The summed E-state index contributed by atoms with van der Waals surface area (Å²) in [6.07, 6.45) is 14.7. The van der Waals surface area contributed by atoms with Crippen LogP contribution in [0.2, 0.25) is 0 Å². The van der Waals surface area contributed by atoms with Gasteiger partial charge in [0.2, 0.25) is 0 Å². The van der Waals surface area contributed by atoms with E-state index >= 15 is 0 Å². The van der Waals surface area contributed by atoms with Crippen molar-refractivity contribution in [1.29, 1.82) is 0 Å². The van der Waals surface area contributed by atoms with Gasteiger partial charge in [-0.15, -0.1) is 0 Å². The van der Waals surface area contributed by atoms with Crippen molar-refractivity contribution in [2.75, 3.05) is 21.1 Å². The summed E-state index contributed by atoms with van der Waals surface area (Å²) in [5.41, 5.74) is -4.27. The molecular formula is C14H20F3NO3S. The van der Waals surface area contributed by atoms with Gasteiger partial charge < -0.3 is 9.04 Å². The van der Waals surface area contributed by atoms with Gasteiger partial charge in [0.1, 0.15) is 6.04 Å². The highest BCUT2D eigenvalue weighted by molar-refractivity contribution is 7.86. The maximum Gasteiger partial charge on any atom is 0.485 e. The van der Waals surface area contributed by atoms with Crippen molar-refractivity contribution in [3.05, 3.63) is 48.1 Å². The van der Waals surface area contributed by atoms with E-state index in [0.717, 1.165) is 4.48 Å². The molecule has 0 saturated carbocycles. The fourth-order valence-corrected chi connectivity index (χ4v) is 1.31. The smallest absolute Gasteiger partial charge is 0.485 e. The van der Waals surface area contributed by atoms with E-state index in [1.807, 2.05) is 6.08 Å². The van der Waals surface area contributed by atoms with E-state index in [-0.39, 0.29) is 0 Å². The Labute approximate surface area is 129 Å². The molecule has 0 aromatic carbocycles. The van der Waals surface area contributed by atoms with Gasteiger partial charge >= 0.3 is 5.51 Å². The Morgan fingerprint density at radius 1 is 1.05 bits per heavy atom. The Hall–Kier alpha value is -1.38. The second-order valence-corrected chi connectivity index (χ2v) is 6.86. The summed E-state index contributed by atoms with van der Waals surface area (Å²) in [5, 5.41) is 0. The van der Waals surface area contributed by atoms with Crippen LogP contribution < -0.4 is 0 Å². The standard InChI is InChI=1S/C13H20N.CHF3O3S/c1-12(14(2,3)4)13-10-8-6-5-7-9-11-13;2-1(3,4)8(5,6)7/h5-12H,1-4H3;(H,5,6,7)/q+1;/p-1. The molecule has 0 heterocycles. The van der Waals surface area contributed by atoms with Crippen LogP contribution in [0.15, 0.2) is 48.1 Å². The average molecular weight is 339 g/mol. The van der Waals surface area contributed by atoms with E-state index in [1.165, 1.54) is 5.57 Å². The quantitative estimate of drug-likeness (QED) is 0.442. The molecule has 8 heteroatoms. The Bertz CT molecular complexity index is 579. The average Bonchev–Trinajstić information content (AvgIpc) is 2.24. The van der Waals surface area contributed by atoms with Crippen LogP contribution in [0.3, 0.4) is 0 Å². The Balaban J connectivity index is 0.000000472. The zero-order valence-corrected chi connectivity index (χ0v) is 13.6. The number of rotatable bonds is 2. The predicted molar refractivity (Wildman–Crippen MR) is 78.7 cm³/mol. The van der Waals surface area contributed by atoms with Crippen molar-refractivity contribution in [2.45, 2.75) is 18.5 Å². The van der Waals surface area contributed by atoms with Crippen molar-refractivity contribution in [3.8, 4) is 0 Å². The highest BCUT2D eigenvalue weighted by Crippen LogP contribution is 2.20. The number of hydrogen-bond acceptors (Lipinski definition) is 3. The van der Waals surface area contributed by atoms with Gasteiger partial charge in [-0.1, -0.05) is 42.5 Å². The predicted octanol–water partition coefficient (Wildman–Crippen LogP) is 2.74. The molecule has 0 saturated heterocycles. The lowest BCUT2D eigenvalue weighted by molar-refractivity contribution is -0.888. The molecule has 1 aliphatic carbocycles. The molecule has 0 aromatic rings. The molecule has 4 nitrogen and oxygen atoms in total. The van der Waals surface area contributed by atoms with Crippen LogP contribution >= 0.6 is 0 Å². The third-order valence-electron chi connectivity index (χ3n) is 2.95. The van der Waals surface area contributed by atoms with E-state index < -0.39 is 15.6 Å². The van der Waals surface area contributed by atoms with Crippen LogP contribution in [0, 0.1) is 0 Å². The second-order valence-electron chi connectivity index (χ2n) is 5.49. The van der Waals surface area contributed by atoms with E-state index in [4.69, 9.17) is 13.0 Å². The summed E-state index contributed by atoms with van der Waals surface area (Å²) in [6.45, 7) is 2.26. The normalized spacial score (nSPS) is 17.0. The van der Waals surface area contributed by atoms with Crippen LogP contribution in [-0.4, -0.2) is 50.1 Å².